The smallest absolute Gasteiger partial charge is 0.462 e. The SMILES string of the molecule is C=C(C)C(=O)OCCC[Si]12O[Si]3OCO[Si](O[Si]4O[Si](O[SiH]O3)O[SiH]([SiH3])O[Si](O4)O1)O2. The van der Waals surface area contributed by atoms with E-state index in [1.165, 1.54) is 0 Å². The molecule has 7 saturated heterocycles. The summed E-state index contributed by atoms with van der Waals surface area (Å²) in [7, 11) is -17.6. The number of hydrogen-bond donors (Lipinski definition) is 0. The number of esters is 1. The average Bonchev–Trinajstić information content (AvgIpc) is 2.64. The van der Waals surface area contributed by atoms with Gasteiger partial charge in [0.1, 0.15) is 6.79 Å². The van der Waals surface area contributed by atoms with Crippen LogP contribution in [0.4, 0.5) is 0 Å². The molecule has 0 N–H and O–H groups in total. The van der Waals surface area contributed by atoms with Gasteiger partial charge in [-0.2, -0.15) is 0 Å². The van der Waals surface area contributed by atoms with Crippen molar-refractivity contribution in [1.29, 1.82) is 0 Å². The molecule has 6 bridgehead atoms. The number of carbonyl (C=O) groups is 1. The van der Waals surface area contributed by atoms with Crippen LogP contribution >= 0.6 is 0 Å². The number of carbonyl (C=O) groups excluding carboxylic acids is 1. The summed E-state index contributed by atoms with van der Waals surface area (Å²) in [6.07, 6.45) is 0.383. The molecule has 7 aliphatic rings. The molecule has 0 aromatic rings. The van der Waals surface area contributed by atoms with Crippen molar-refractivity contribution in [3.8, 4) is 0 Å². The van der Waals surface area contributed by atoms with E-state index in [4.69, 9.17) is 54.7 Å². The first-order chi connectivity index (χ1) is 14.9. The van der Waals surface area contributed by atoms with E-state index in [9.17, 15) is 4.79 Å². The van der Waals surface area contributed by atoms with E-state index in [2.05, 4.69) is 6.58 Å². The third-order valence-electron chi connectivity index (χ3n) is 3.59. The number of rotatable bonds is 5. The summed E-state index contributed by atoms with van der Waals surface area (Å²) < 4.78 is 75.9. The quantitative estimate of drug-likeness (QED) is 0.133. The maximum Gasteiger partial charge on any atom is 0.563 e. The molecule has 0 aromatic carbocycles. The first-order valence-electron chi connectivity index (χ1n) is 8.93. The molecule has 7 fully saturated rings. The Morgan fingerprint density at radius 3 is 2.55 bits per heavy atom. The van der Waals surface area contributed by atoms with Gasteiger partial charge in [-0.3, -0.25) is 0 Å². The third kappa shape index (κ3) is 7.09. The topological polar surface area (TPSA) is 137 Å². The van der Waals surface area contributed by atoms with Gasteiger partial charge in [-0.15, -0.1) is 0 Å². The highest BCUT2D eigenvalue weighted by molar-refractivity contribution is 7.00. The molecule has 7 rings (SSSR count). The van der Waals surface area contributed by atoms with Gasteiger partial charge in [0.25, 0.3) is 8.80 Å². The van der Waals surface area contributed by atoms with Crippen LogP contribution in [0.2, 0.25) is 6.04 Å². The van der Waals surface area contributed by atoms with E-state index in [1.807, 2.05) is 0 Å². The molecule has 0 spiro atoms. The second kappa shape index (κ2) is 11.4. The summed E-state index contributed by atoms with van der Waals surface area (Å²) >= 11 is 0. The first-order valence-corrected chi connectivity index (χ1v) is 23.5. The molecule has 0 aliphatic carbocycles. The molecule has 14 nitrogen and oxygen atoms in total. The monoisotopic (exact) mass is 590 g/mol. The Labute approximate surface area is 195 Å². The molecule has 0 saturated carbocycles. The molecule has 0 aromatic heterocycles. The van der Waals surface area contributed by atoms with Gasteiger partial charge in [0.2, 0.25) is 0 Å². The van der Waals surface area contributed by atoms with Gasteiger partial charge in [0.15, 0.2) is 0 Å². The Morgan fingerprint density at radius 1 is 1.06 bits per heavy atom. The van der Waals surface area contributed by atoms with E-state index >= 15 is 0 Å². The van der Waals surface area contributed by atoms with E-state index in [0.717, 1.165) is 0 Å². The Hall–Kier alpha value is 0.682. The van der Waals surface area contributed by atoms with Crippen molar-refractivity contribution in [2.24, 2.45) is 0 Å². The summed E-state index contributed by atoms with van der Waals surface area (Å²) in [5.74, 6) is -0.476. The molecular formula is C8H18O14Si9. The Balaban J connectivity index is 1.55. The largest absolute Gasteiger partial charge is 0.563 e. The van der Waals surface area contributed by atoms with Crippen molar-refractivity contribution in [1.82, 2.24) is 0 Å². The zero-order valence-corrected chi connectivity index (χ0v) is 26.7. The maximum atomic E-state index is 11.7. The number of fused-ring (bicyclic) bond motifs is 4. The average molecular weight is 591 g/mol. The van der Waals surface area contributed by atoms with Gasteiger partial charge in [-0.25, -0.2) is 4.79 Å². The number of hydrogen-bond acceptors (Lipinski definition) is 14. The predicted molar refractivity (Wildman–Crippen MR) is 112 cm³/mol. The third-order valence-corrected chi connectivity index (χ3v) is 25.7. The van der Waals surface area contributed by atoms with Crippen LogP contribution in [-0.2, 0) is 59.5 Å². The molecule has 23 heteroatoms. The number of ether oxygens (including phenoxy) is 1. The summed E-state index contributed by atoms with van der Waals surface area (Å²) in [4.78, 5) is 11.7. The minimum atomic E-state index is -3.55. The molecule has 31 heavy (non-hydrogen) atoms. The van der Waals surface area contributed by atoms with Crippen LogP contribution in [0.5, 0.6) is 0 Å². The molecule has 170 valence electrons. The van der Waals surface area contributed by atoms with Crippen LogP contribution in [0.15, 0.2) is 12.2 Å². The van der Waals surface area contributed by atoms with Gasteiger partial charge < -0.3 is 54.7 Å². The highest BCUT2D eigenvalue weighted by Gasteiger charge is 2.58. The predicted octanol–water partition coefficient (Wildman–Crippen LogP) is -4.08. The van der Waals surface area contributed by atoms with Crippen molar-refractivity contribution in [2.45, 2.75) is 19.4 Å². The fourth-order valence-corrected chi connectivity index (χ4v) is 25.9. The first kappa shape index (κ1) is 24.8. The van der Waals surface area contributed by atoms with Gasteiger partial charge in [-0.1, -0.05) is 6.58 Å². The lowest BCUT2D eigenvalue weighted by Crippen LogP contribution is -2.66. The second-order valence-corrected chi connectivity index (χ2v) is 23.9. The summed E-state index contributed by atoms with van der Waals surface area (Å²) in [6.45, 7) is 5.12. The summed E-state index contributed by atoms with van der Waals surface area (Å²) in [6, 6.07) is 0.265. The normalized spacial score (nSPS) is 32.2. The van der Waals surface area contributed by atoms with Crippen molar-refractivity contribution in [2.75, 3.05) is 13.4 Å². The van der Waals surface area contributed by atoms with Crippen LogP contribution in [0.25, 0.3) is 0 Å². The zero-order valence-electron chi connectivity index (χ0n) is 16.4. The van der Waals surface area contributed by atoms with Gasteiger partial charge in [0.05, 0.1) is 16.4 Å². The minimum Gasteiger partial charge on any atom is -0.462 e. The van der Waals surface area contributed by atoms with Crippen LogP contribution in [0.1, 0.15) is 13.3 Å². The van der Waals surface area contributed by atoms with E-state index < -0.39 is 81.2 Å². The lowest BCUT2D eigenvalue weighted by atomic mass is 10.4. The van der Waals surface area contributed by atoms with E-state index in [-0.39, 0.29) is 19.4 Å². The van der Waals surface area contributed by atoms with Crippen LogP contribution < -0.4 is 0 Å². The Bertz CT molecular complexity index is 655. The molecular weight excluding hydrogens is 573 g/mol. The standard InChI is InChI=1S/C8H18O14Si9/c1-7(2)8(9)10-4-3-5-31-20-25-11-6-12-26(21-31)15-28-16-27(14-24-13-25)18-30(23)19-29(17-28)22-31/h24,30H,1,3-6H2,2,23H3. The van der Waals surface area contributed by atoms with Crippen LogP contribution in [-0.4, -0.2) is 104 Å². The lowest BCUT2D eigenvalue weighted by Gasteiger charge is -2.41. The lowest BCUT2D eigenvalue weighted by molar-refractivity contribution is -0.139. The van der Waals surface area contributed by atoms with Crippen molar-refractivity contribution in [3.05, 3.63) is 12.2 Å². The van der Waals surface area contributed by atoms with Crippen LogP contribution in [0, 0.1) is 0 Å². The van der Waals surface area contributed by atoms with Crippen molar-refractivity contribution < 1.29 is 59.5 Å². The molecule has 6 radical (unpaired) electrons. The second-order valence-electron chi connectivity index (χ2n) is 6.11. The summed E-state index contributed by atoms with van der Waals surface area (Å²) in [5, 5.41) is 0. The Kier molecular flexibility index (Phi) is 9.12. The summed E-state index contributed by atoms with van der Waals surface area (Å²) in [5.41, 5.74) is 0.313. The molecule has 0 amide bonds. The highest BCUT2D eigenvalue weighted by Crippen LogP contribution is 2.28. The van der Waals surface area contributed by atoms with Gasteiger partial charge in [-0.05, 0) is 13.3 Å². The zero-order chi connectivity index (χ0) is 21.8. The van der Waals surface area contributed by atoms with Crippen molar-refractivity contribution >= 4 is 91.0 Å². The fraction of sp³-hybridized carbons (Fsp3) is 0.625. The van der Waals surface area contributed by atoms with Crippen molar-refractivity contribution in [3.63, 3.8) is 0 Å². The van der Waals surface area contributed by atoms with Crippen LogP contribution in [0.3, 0.4) is 0 Å². The molecule has 2 unspecified atom stereocenters. The Morgan fingerprint density at radius 2 is 1.71 bits per heavy atom. The highest BCUT2D eigenvalue weighted by atomic mass is 29.2. The molecule has 7 aliphatic heterocycles. The van der Waals surface area contributed by atoms with E-state index in [1.54, 1.807) is 6.92 Å². The molecule has 2 atom stereocenters. The van der Waals surface area contributed by atoms with Gasteiger partial charge in [0, 0.05) is 11.6 Å². The maximum absolute atomic E-state index is 11.7. The molecule has 7 heterocycles. The van der Waals surface area contributed by atoms with E-state index in [0.29, 0.717) is 21.8 Å². The van der Waals surface area contributed by atoms with Gasteiger partial charge >= 0.3 is 72.4 Å². The fourth-order valence-electron chi connectivity index (χ4n) is 2.28. The minimum absolute atomic E-state index is 0.118.